The second-order valence-corrected chi connectivity index (χ2v) is 2.68. The van der Waals surface area contributed by atoms with E-state index in [0.29, 0.717) is 11.3 Å². The van der Waals surface area contributed by atoms with Crippen LogP contribution in [-0.2, 0) is 4.74 Å². The number of benzene rings is 1. The highest BCUT2D eigenvalue weighted by atomic mass is 16.5. The summed E-state index contributed by atoms with van der Waals surface area (Å²) in [5.41, 5.74) is 0.539. The first-order valence-electron chi connectivity index (χ1n) is 4.10. The summed E-state index contributed by atoms with van der Waals surface area (Å²) in [7, 11) is 2.99. The monoisotopic (exact) mass is 192 g/mol. The summed E-state index contributed by atoms with van der Waals surface area (Å²) in [6.45, 7) is 3.49. The van der Waals surface area contributed by atoms with E-state index in [9.17, 15) is 4.79 Å². The van der Waals surface area contributed by atoms with Gasteiger partial charge < -0.3 is 9.47 Å². The van der Waals surface area contributed by atoms with Gasteiger partial charge >= 0.3 is 0 Å². The van der Waals surface area contributed by atoms with E-state index in [2.05, 4.69) is 6.58 Å². The zero-order valence-electron chi connectivity index (χ0n) is 8.24. The topological polar surface area (TPSA) is 35.5 Å². The molecule has 0 aliphatic rings. The Hall–Kier alpha value is -1.77. The molecule has 0 atom stereocenters. The number of ketones is 1. The zero-order chi connectivity index (χ0) is 10.6. The van der Waals surface area contributed by atoms with Crippen molar-refractivity contribution >= 4 is 5.78 Å². The third kappa shape index (κ3) is 2.13. The van der Waals surface area contributed by atoms with Gasteiger partial charge in [-0.05, 0) is 24.3 Å². The van der Waals surface area contributed by atoms with Crippen molar-refractivity contribution < 1.29 is 14.3 Å². The van der Waals surface area contributed by atoms with E-state index in [0.717, 1.165) is 0 Å². The lowest BCUT2D eigenvalue weighted by atomic mass is 10.1. The van der Waals surface area contributed by atoms with Crippen molar-refractivity contribution in [2.24, 2.45) is 0 Å². The van der Waals surface area contributed by atoms with E-state index in [-0.39, 0.29) is 11.5 Å². The Morgan fingerprint density at radius 2 is 1.79 bits per heavy atom. The fourth-order valence-electron chi connectivity index (χ4n) is 0.996. The molecule has 3 heteroatoms. The number of carbonyl (C=O) groups excluding carboxylic acids is 1. The van der Waals surface area contributed by atoms with Crippen LogP contribution in [0.3, 0.4) is 0 Å². The second kappa shape index (κ2) is 4.46. The fraction of sp³-hybridized carbons (Fsp3) is 0.182. The Morgan fingerprint density at radius 1 is 1.21 bits per heavy atom. The van der Waals surface area contributed by atoms with Crippen molar-refractivity contribution in [3.05, 3.63) is 42.2 Å². The van der Waals surface area contributed by atoms with Gasteiger partial charge in [-0.25, -0.2) is 0 Å². The minimum Gasteiger partial charge on any atom is -0.497 e. The van der Waals surface area contributed by atoms with Crippen LogP contribution in [0.1, 0.15) is 10.4 Å². The van der Waals surface area contributed by atoms with Crippen molar-refractivity contribution in [3.8, 4) is 5.75 Å². The number of allylic oxidation sites excluding steroid dienone is 1. The fourth-order valence-corrected chi connectivity index (χ4v) is 0.996. The van der Waals surface area contributed by atoms with Crippen molar-refractivity contribution in [2.75, 3.05) is 14.2 Å². The summed E-state index contributed by atoms with van der Waals surface area (Å²) in [5.74, 6) is 0.634. The van der Waals surface area contributed by atoms with Crippen LogP contribution in [0.4, 0.5) is 0 Å². The summed E-state index contributed by atoms with van der Waals surface area (Å²) in [6, 6.07) is 6.78. The molecule has 0 amide bonds. The molecule has 0 aliphatic carbocycles. The molecule has 0 saturated heterocycles. The average molecular weight is 192 g/mol. The molecule has 0 fully saturated rings. The van der Waals surface area contributed by atoms with Crippen LogP contribution in [0.15, 0.2) is 36.6 Å². The first-order valence-corrected chi connectivity index (χ1v) is 4.10. The maximum atomic E-state index is 11.5. The first-order chi connectivity index (χ1) is 6.69. The van der Waals surface area contributed by atoms with Crippen LogP contribution >= 0.6 is 0 Å². The van der Waals surface area contributed by atoms with E-state index in [1.54, 1.807) is 31.4 Å². The maximum Gasteiger partial charge on any atom is 0.226 e. The van der Waals surface area contributed by atoms with Crippen LogP contribution in [0, 0.1) is 0 Å². The Morgan fingerprint density at radius 3 is 2.21 bits per heavy atom. The Kier molecular flexibility index (Phi) is 3.29. The number of rotatable bonds is 4. The van der Waals surface area contributed by atoms with E-state index in [1.807, 2.05) is 0 Å². The van der Waals surface area contributed by atoms with Crippen LogP contribution in [-0.4, -0.2) is 20.0 Å². The van der Waals surface area contributed by atoms with Gasteiger partial charge in [0.05, 0.1) is 14.2 Å². The quantitative estimate of drug-likeness (QED) is 0.416. The number of carbonyl (C=O) groups is 1. The zero-order valence-corrected chi connectivity index (χ0v) is 8.24. The molecule has 0 heterocycles. The number of Topliss-reactive ketones (excluding diaryl/α,β-unsaturated/α-hetero) is 1. The van der Waals surface area contributed by atoms with E-state index >= 15 is 0 Å². The number of hydrogen-bond donors (Lipinski definition) is 0. The largest absolute Gasteiger partial charge is 0.497 e. The second-order valence-electron chi connectivity index (χ2n) is 2.68. The molecule has 3 nitrogen and oxygen atoms in total. The lowest BCUT2D eigenvalue weighted by Gasteiger charge is -2.04. The lowest BCUT2D eigenvalue weighted by molar-refractivity contribution is 0.0955. The molecule has 0 aliphatic heterocycles. The Bertz CT molecular complexity index is 338. The molecule has 74 valence electrons. The van der Waals surface area contributed by atoms with Crippen LogP contribution in [0.2, 0.25) is 0 Å². The predicted molar refractivity (Wildman–Crippen MR) is 53.5 cm³/mol. The number of hydrogen-bond acceptors (Lipinski definition) is 3. The average Bonchev–Trinajstić information content (AvgIpc) is 2.27. The van der Waals surface area contributed by atoms with Gasteiger partial charge in [0.1, 0.15) is 5.75 Å². The number of methoxy groups -OCH3 is 2. The maximum absolute atomic E-state index is 11.5. The summed E-state index contributed by atoms with van der Waals surface area (Å²) in [4.78, 5) is 11.5. The van der Waals surface area contributed by atoms with Crippen molar-refractivity contribution in [1.29, 1.82) is 0 Å². The summed E-state index contributed by atoms with van der Waals surface area (Å²) in [5, 5.41) is 0. The standard InChI is InChI=1S/C11H12O3/c1-8(13-2)11(12)9-4-6-10(14-3)7-5-9/h4-7H,1H2,2-3H3. The van der Waals surface area contributed by atoms with Gasteiger partial charge in [0, 0.05) is 5.56 Å². The number of ether oxygens (including phenoxy) is 2. The smallest absolute Gasteiger partial charge is 0.226 e. The molecule has 0 bridgehead atoms. The molecule has 1 rings (SSSR count). The molecule has 0 spiro atoms. The summed E-state index contributed by atoms with van der Waals surface area (Å²) < 4.78 is 9.72. The molecular formula is C11H12O3. The molecule has 0 aromatic heterocycles. The molecule has 14 heavy (non-hydrogen) atoms. The third-order valence-corrected chi connectivity index (χ3v) is 1.85. The van der Waals surface area contributed by atoms with E-state index < -0.39 is 0 Å². The van der Waals surface area contributed by atoms with E-state index in [1.165, 1.54) is 7.11 Å². The van der Waals surface area contributed by atoms with Gasteiger partial charge in [-0.2, -0.15) is 0 Å². The SMILES string of the molecule is C=C(OC)C(=O)c1ccc(OC)cc1. The van der Waals surface area contributed by atoms with Crippen LogP contribution in [0.5, 0.6) is 5.75 Å². The molecule has 0 radical (unpaired) electrons. The minimum atomic E-state index is -0.213. The van der Waals surface area contributed by atoms with E-state index in [4.69, 9.17) is 9.47 Å². The highest BCUT2D eigenvalue weighted by molar-refractivity contribution is 6.06. The molecule has 0 saturated carbocycles. The molecular weight excluding hydrogens is 180 g/mol. The summed E-state index contributed by atoms with van der Waals surface area (Å²) in [6.07, 6.45) is 0. The molecule has 1 aromatic rings. The molecule has 0 N–H and O–H groups in total. The molecule has 0 unspecified atom stereocenters. The Balaban J connectivity index is 2.87. The normalized spacial score (nSPS) is 9.29. The van der Waals surface area contributed by atoms with Crippen molar-refractivity contribution in [1.82, 2.24) is 0 Å². The highest BCUT2D eigenvalue weighted by Crippen LogP contribution is 2.13. The first kappa shape index (κ1) is 10.3. The van der Waals surface area contributed by atoms with Crippen molar-refractivity contribution in [3.63, 3.8) is 0 Å². The van der Waals surface area contributed by atoms with Gasteiger partial charge in [-0.15, -0.1) is 0 Å². The summed E-state index contributed by atoms with van der Waals surface area (Å²) >= 11 is 0. The molecule has 1 aromatic carbocycles. The van der Waals surface area contributed by atoms with Gasteiger partial charge in [-0.3, -0.25) is 4.79 Å². The minimum absolute atomic E-state index is 0.134. The third-order valence-electron chi connectivity index (χ3n) is 1.85. The highest BCUT2D eigenvalue weighted by Gasteiger charge is 2.09. The van der Waals surface area contributed by atoms with Gasteiger partial charge in [-0.1, -0.05) is 6.58 Å². The van der Waals surface area contributed by atoms with Crippen LogP contribution < -0.4 is 4.74 Å². The lowest BCUT2D eigenvalue weighted by Crippen LogP contribution is -2.03. The van der Waals surface area contributed by atoms with Crippen LogP contribution in [0.25, 0.3) is 0 Å². The Labute approximate surface area is 83.0 Å². The van der Waals surface area contributed by atoms with Gasteiger partial charge in [0.15, 0.2) is 5.76 Å². The van der Waals surface area contributed by atoms with Gasteiger partial charge in [0.25, 0.3) is 0 Å². The van der Waals surface area contributed by atoms with Crippen molar-refractivity contribution in [2.45, 2.75) is 0 Å². The predicted octanol–water partition coefficient (Wildman–Crippen LogP) is 2.04. The van der Waals surface area contributed by atoms with Gasteiger partial charge in [0.2, 0.25) is 5.78 Å².